The highest BCUT2D eigenvalue weighted by Gasteiger charge is 2.22. The number of imidazole rings is 1. The van der Waals surface area contributed by atoms with E-state index in [0.717, 1.165) is 0 Å². The van der Waals surface area contributed by atoms with Crippen LogP contribution in [0.25, 0.3) is 0 Å². The van der Waals surface area contributed by atoms with Crippen molar-refractivity contribution in [3.8, 4) is 0 Å². The standard InChI is InChI=1S/C14H20N4O2S/c1-10-4-5-13(15)12(3)14(10)21(19,20)17-11(2)8-18-7-6-16-9-18/h4-7,9,11,17H,8,15H2,1-3H3. The van der Waals surface area contributed by atoms with E-state index in [1.54, 1.807) is 44.7 Å². The monoisotopic (exact) mass is 308 g/mol. The highest BCUT2D eigenvalue weighted by atomic mass is 32.2. The summed E-state index contributed by atoms with van der Waals surface area (Å²) < 4.78 is 29.7. The Labute approximate surface area is 125 Å². The number of sulfonamides is 1. The smallest absolute Gasteiger partial charge is 0.241 e. The van der Waals surface area contributed by atoms with Gasteiger partial charge < -0.3 is 10.3 Å². The third-order valence-electron chi connectivity index (χ3n) is 3.31. The predicted molar refractivity (Wildman–Crippen MR) is 82.3 cm³/mol. The number of nitrogens with two attached hydrogens (primary N) is 1. The van der Waals surface area contributed by atoms with Gasteiger partial charge in [0.05, 0.1) is 11.2 Å². The third-order valence-corrected chi connectivity index (χ3v) is 5.19. The third kappa shape index (κ3) is 3.43. The quantitative estimate of drug-likeness (QED) is 0.818. The van der Waals surface area contributed by atoms with Crippen LogP contribution in [0.3, 0.4) is 0 Å². The van der Waals surface area contributed by atoms with Gasteiger partial charge in [0.15, 0.2) is 0 Å². The minimum absolute atomic E-state index is 0.260. The van der Waals surface area contributed by atoms with Crippen molar-refractivity contribution in [1.82, 2.24) is 14.3 Å². The lowest BCUT2D eigenvalue weighted by atomic mass is 10.1. The lowest BCUT2D eigenvalue weighted by Gasteiger charge is -2.18. The summed E-state index contributed by atoms with van der Waals surface area (Å²) in [5.74, 6) is 0. The second-order valence-electron chi connectivity index (χ2n) is 5.21. The van der Waals surface area contributed by atoms with Gasteiger partial charge in [-0.05, 0) is 38.0 Å². The molecule has 7 heteroatoms. The Kier molecular flexibility index (Phi) is 4.34. The van der Waals surface area contributed by atoms with E-state index >= 15 is 0 Å². The number of aryl methyl sites for hydroxylation is 1. The first-order chi connectivity index (χ1) is 9.81. The molecule has 0 saturated heterocycles. The van der Waals surface area contributed by atoms with Crippen molar-refractivity contribution in [3.63, 3.8) is 0 Å². The van der Waals surface area contributed by atoms with Crippen molar-refractivity contribution in [1.29, 1.82) is 0 Å². The second kappa shape index (κ2) is 5.87. The van der Waals surface area contributed by atoms with Gasteiger partial charge in [-0.3, -0.25) is 0 Å². The Balaban J connectivity index is 2.25. The predicted octanol–water partition coefficient (Wildman–Crippen LogP) is 1.45. The molecule has 0 aliphatic rings. The van der Waals surface area contributed by atoms with Crippen LogP contribution >= 0.6 is 0 Å². The van der Waals surface area contributed by atoms with Crippen molar-refractivity contribution in [2.45, 2.75) is 38.3 Å². The van der Waals surface area contributed by atoms with E-state index in [4.69, 9.17) is 5.73 Å². The number of nitrogens with zero attached hydrogens (tertiary/aromatic N) is 2. The number of rotatable bonds is 5. The minimum Gasteiger partial charge on any atom is -0.398 e. The molecule has 0 saturated carbocycles. The first-order valence-corrected chi connectivity index (χ1v) is 8.13. The molecule has 2 rings (SSSR count). The number of hydrogen-bond acceptors (Lipinski definition) is 4. The molecule has 0 aliphatic heterocycles. The average molecular weight is 308 g/mol. The summed E-state index contributed by atoms with van der Waals surface area (Å²) in [6, 6.07) is 3.18. The molecular weight excluding hydrogens is 288 g/mol. The van der Waals surface area contributed by atoms with Crippen molar-refractivity contribution in [3.05, 3.63) is 42.0 Å². The van der Waals surface area contributed by atoms with Crippen LogP contribution in [-0.2, 0) is 16.6 Å². The van der Waals surface area contributed by atoms with E-state index in [2.05, 4.69) is 9.71 Å². The Morgan fingerprint density at radius 1 is 1.38 bits per heavy atom. The molecule has 0 radical (unpaired) electrons. The largest absolute Gasteiger partial charge is 0.398 e. The zero-order valence-corrected chi connectivity index (χ0v) is 13.2. The minimum atomic E-state index is -3.61. The summed E-state index contributed by atoms with van der Waals surface area (Å²) in [6.45, 7) is 5.81. The number of nitrogens with one attached hydrogen (secondary N) is 1. The molecule has 0 amide bonds. The molecule has 2 aromatic rings. The molecule has 3 N–H and O–H groups in total. The molecule has 114 valence electrons. The molecule has 1 atom stereocenters. The maximum absolute atomic E-state index is 12.6. The van der Waals surface area contributed by atoms with Crippen LogP contribution in [0.4, 0.5) is 5.69 Å². The molecule has 0 aliphatic carbocycles. The Hall–Kier alpha value is -1.86. The van der Waals surface area contributed by atoms with Crippen LogP contribution in [0.2, 0.25) is 0 Å². The molecule has 1 unspecified atom stereocenters. The van der Waals surface area contributed by atoms with Crippen molar-refractivity contribution >= 4 is 15.7 Å². The van der Waals surface area contributed by atoms with E-state index in [0.29, 0.717) is 23.4 Å². The fraction of sp³-hybridized carbons (Fsp3) is 0.357. The summed E-state index contributed by atoms with van der Waals surface area (Å²) in [6.07, 6.45) is 5.11. The van der Waals surface area contributed by atoms with E-state index in [9.17, 15) is 8.42 Å². The van der Waals surface area contributed by atoms with Crippen LogP contribution in [0.15, 0.2) is 35.7 Å². The van der Waals surface area contributed by atoms with Gasteiger partial charge in [-0.15, -0.1) is 0 Å². The highest BCUT2D eigenvalue weighted by Crippen LogP contribution is 2.24. The van der Waals surface area contributed by atoms with E-state index in [-0.39, 0.29) is 10.9 Å². The topological polar surface area (TPSA) is 90.0 Å². The van der Waals surface area contributed by atoms with E-state index in [1.807, 2.05) is 11.5 Å². The van der Waals surface area contributed by atoms with Gasteiger partial charge in [-0.2, -0.15) is 0 Å². The van der Waals surface area contributed by atoms with Crippen LogP contribution in [0, 0.1) is 13.8 Å². The fourth-order valence-electron chi connectivity index (χ4n) is 2.33. The summed E-state index contributed by atoms with van der Waals surface area (Å²) in [5, 5.41) is 0. The summed E-state index contributed by atoms with van der Waals surface area (Å²) in [4.78, 5) is 4.20. The van der Waals surface area contributed by atoms with Gasteiger partial charge in [0.25, 0.3) is 0 Å². The van der Waals surface area contributed by atoms with Crippen LogP contribution in [-0.4, -0.2) is 24.0 Å². The number of nitrogen functional groups attached to an aromatic ring is 1. The lowest BCUT2D eigenvalue weighted by molar-refractivity contribution is 0.520. The van der Waals surface area contributed by atoms with Crippen molar-refractivity contribution < 1.29 is 8.42 Å². The van der Waals surface area contributed by atoms with Gasteiger partial charge in [0.1, 0.15) is 0 Å². The summed E-state index contributed by atoms with van der Waals surface area (Å²) in [7, 11) is -3.61. The van der Waals surface area contributed by atoms with Crippen molar-refractivity contribution in [2.24, 2.45) is 0 Å². The van der Waals surface area contributed by atoms with Crippen LogP contribution < -0.4 is 10.5 Å². The van der Waals surface area contributed by atoms with Gasteiger partial charge in [-0.25, -0.2) is 18.1 Å². The highest BCUT2D eigenvalue weighted by molar-refractivity contribution is 7.89. The first-order valence-electron chi connectivity index (χ1n) is 6.65. The van der Waals surface area contributed by atoms with E-state index in [1.165, 1.54) is 0 Å². The van der Waals surface area contributed by atoms with Gasteiger partial charge in [0.2, 0.25) is 10.0 Å². The van der Waals surface area contributed by atoms with E-state index < -0.39 is 10.0 Å². The Morgan fingerprint density at radius 3 is 2.71 bits per heavy atom. The van der Waals surface area contributed by atoms with Crippen LogP contribution in [0.5, 0.6) is 0 Å². The molecule has 1 aromatic carbocycles. The Morgan fingerprint density at radius 2 is 2.10 bits per heavy atom. The number of benzene rings is 1. The first kappa shape index (κ1) is 15.5. The zero-order valence-electron chi connectivity index (χ0n) is 12.4. The van der Waals surface area contributed by atoms with Gasteiger partial charge in [0, 0.05) is 30.7 Å². The lowest BCUT2D eigenvalue weighted by Crippen LogP contribution is -2.36. The summed E-state index contributed by atoms with van der Waals surface area (Å²) >= 11 is 0. The second-order valence-corrected chi connectivity index (χ2v) is 6.86. The molecular formula is C14H20N4O2S. The number of anilines is 1. The fourth-order valence-corrected chi connectivity index (χ4v) is 4.06. The maximum Gasteiger partial charge on any atom is 0.241 e. The normalized spacial score (nSPS) is 13.3. The summed E-state index contributed by atoms with van der Waals surface area (Å²) in [5.41, 5.74) is 7.56. The van der Waals surface area contributed by atoms with Gasteiger partial charge in [-0.1, -0.05) is 6.07 Å². The number of aromatic nitrogens is 2. The molecule has 0 spiro atoms. The average Bonchev–Trinajstić information content (AvgIpc) is 2.85. The number of hydrogen-bond donors (Lipinski definition) is 2. The van der Waals surface area contributed by atoms with Gasteiger partial charge >= 0.3 is 0 Å². The Bertz CT molecular complexity index is 724. The molecule has 21 heavy (non-hydrogen) atoms. The zero-order chi connectivity index (χ0) is 15.6. The molecule has 1 heterocycles. The molecule has 6 nitrogen and oxygen atoms in total. The molecule has 0 fully saturated rings. The molecule has 1 aromatic heterocycles. The SMILES string of the molecule is Cc1ccc(N)c(C)c1S(=O)(=O)NC(C)Cn1ccnc1. The maximum atomic E-state index is 12.6. The molecule has 0 bridgehead atoms. The van der Waals surface area contributed by atoms with Crippen LogP contribution in [0.1, 0.15) is 18.1 Å². The van der Waals surface area contributed by atoms with Crippen molar-refractivity contribution in [2.75, 3.05) is 5.73 Å².